The van der Waals surface area contributed by atoms with E-state index in [2.05, 4.69) is 10.0 Å². The van der Waals surface area contributed by atoms with E-state index >= 15 is 0 Å². The highest BCUT2D eigenvalue weighted by atomic mass is 32.2. The molecule has 0 spiro atoms. The third-order valence-electron chi connectivity index (χ3n) is 2.46. The highest BCUT2D eigenvalue weighted by molar-refractivity contribution is 7.89. The standard InChI is InChI=1S/C12H20N2O4S/c1-2-7-14-19(17,18)12-6-4-3-5-11(12)13-8-10(16)9-15/h3-6,10,13-16H,2,7-9H2,1H3. The maximum absolute atomic E-state index is 12.1. The number of hydrogen-bond acceptors (Lipinski definition) is 5. The number of benzene rings is 1. The molecule has 108 valence electrons. The molecule has 6 nitrogen and oxygen atoms in total. The zero-order valence-corrected chi connectivity index (χ0v) is 11.7. The molecule has 0 aliphatic rings. The minimum absolute atomic E-state index is 0.0802. The number of hydrogen-bond donors (Lipinski definition) is 4. The Bertz CT molecular complexity index is 490. The molecule has 0 fully saturated rings. The first kappa shape index (κ1) is 15.9. The van der Waals surface area contributed by atoms with Crippen molar-refractivity contribution >= 4 is 15.7 Å². The van der Waals surface area contributed by atoms with Crippen LogP contribution in [0, 0.1) is 0 Å². The van der Waals surface area contributed by atoms with Gasteiger partial charge in [-0.2, -0.15) is 0 Å². The van der Waals surface area contributed by atoms with Crippen molar-refractivity contribution in [2.24, 2.45) is 0 Å². The lowest BCUT2D eigenvalue weighted by Crippen LogP contribution is -2.27. The number of para-hydroxylation sites is 1. The lowest BCUT2D eigenvalue weighted by atomic mass is 10.3. The topological polar surface area (TPSA) is 98.7 Å². The van der Waals surface area contributed by atoms with Crippen LogP contribution in [0.1, 0.15) is 13.3 Å². The van der Waals surface area contributed by atoms with E-state index in [0.717, 1.165) is 0 Å². The van der Waals surface area contributed by atoms with Gasteiger partial charge < -0.3 is 15.5 Å². The zero-order chi connectivity index (χ0) is 14.3. The Morgan fingerprint density at radius 3 is 2.63 bits per heavy atom. The van der Waals surface area contributed by atoms with Crippen LogP contribution in [-0.2, 0) is 10.0 Å². The van der Waals surface area contributed by atoms with Crippen molar-refractivity contribution in [3.8, 4) is 0 Å². The van der Waals surface area contributed by atoms with E-state index in [1.54, 1.807) is 18.2 Å². The summed E-state index contributed by atoms with van der Waals surface area (Å²) in [5.74, 6) is 0. The molecule has 0 aliphatic heterocycles. The monoisotopic (exact) mass is 288 g/mol. The molecule has 1 aromatic rings. The predicted octanol–water partition coefficient (Wildman–Crippen LogP) is 0.140. The zero-order valence-electron chi connectivity index (χ0n) is 10.8. The van der Waals surface area contributed by atoms with E-state index in [9.17, 15) is 13.5 Å². The Morgan fingerprint density at radius 2 is 2.00 bits per heavy atom. The average Bonchev–Trinajstić information content (AvgIpc) is 2.42. The Labute approximate surface area is 113 Å². The number of nitrogens with one attached hydrogen (secondary N) is 2. The van der Waals surface area contributed by atoms with Gasteiger partial charge in [-0.3, -0.25) is 0 Å². The molecule has 0 radical (unpaired) electrons. The van der Waals surface area contributed by atoms with Crippen LogP contribution in [0.25, 0.3) is 0 Å². The maximum Gasteiger partial charge on any atom is 0.242 e. The summed E-state index contributed by atoms with van der Waals surface area (Å²) in [6.07, 6.45) is -0.225. The van der Waals surface area contributed by atoms with E-state index in [0.29, 0.717) is 18.7 Å². The Kier molecular flexibility index (Phi) is 6.23. The Hall–Kier alpha value is -1.15. The van der Waals surface area contributed by atoms with E-state index in [1.807, 2.05) is 6.92 Å². The van der Waals surface area contributed by atoms with Crippen molar-refractivity contribution in [3.63, 3.8) is 0 Å². The molecular formula is C12H20N2O4S. The average molecular weight is 288 g/mol. The molecule has 0 saturated carbocycles. The second kappa shape index (κ2) is 7.44. The van der Waals surface area contributed by atoms with Gasteiger partial charge in [0, 0.05) is 13.1 Å². The smallest absolute Gasteiger partial charge is 0.242 e. The van der Waals surface area contributed by atoms with Gasteiger partial charge in [0.25, 0.3) is 0 Å². The van der Waals surface area contributed by atoms with Crippen LogP contribution in [0.5, 0.6) is 0 Å². The van der Waals surface area contributed by atoms with Crippen molar-refractivity contribution in [1.29, 1.82) is 0 Å². The number of aliphatic hydroxyl groups is 2. The van der Waals surface area contributed by atoms with E-state index in [4.69, 9.17) is 5.11 Å². The third kappa shape index (κ3) is 4.79. The van der Waals surface area contributed by atoms with Gasteiger partial charge in [-0.15, -0.1) is 0 Å². The maximum atomic E-state index is 12.1. The molecule has 0 heterocycles. The van der Waals surface area contributed by atoms with E-state index < -0.39 is 16.1 Å². The van der Waals surface area contributed by atoms with Crippen molar-refractivity contribution < 1.29 is 18.6 Å². The van der Waals surface area contributed by atoms with Crippen molar-refractivity contribution in [1.82, 2.24) is 4.72 Å². The SMILES string of the molecule is CCCNS(=O)(=O)c1ccccc1NCC(O)CO. The van der Waals surface area contributed by atoms with E-state index in [1.165, 1.54) is 6.07 Å². The van der Waals surface area contributed by atoms with E-state index in [-0.39, 0.29) is 18.0 Å². The van der Waals surface area contributed by atoms with Gasteiger partial charge in [-0.1, -0.05) is 19.1 Å². The fraction of sp³-hybridized carbons (Fsp3) is 0.500. The van der Waals surface area contributed by atoms with Crippen LogP contribution in [-0.4, -0.2) is 44.4 Å². The van der Waals surface area contributed by atoms with Crippen LogP contribution >= 0.6 is 0 Å². The molecule has 0 aromatic heterocycles. The molecule has 1 rings (SSSR count). The van der Waals surface area contributed by atoms with Gasteiger partial charge in [0.15, 0.2) is 0 Å². The summed E-state index contributed by atoms with van der Waals surface area (Å²) < 4.78 is 26.6. The predicted molar refractivity (Wildman–Crippen MR) is 73.5 cm³/mol. The summed E-state index contributed by atoms with van der Waals surface area (Å²) in [6.45, 7) is 1.95. The number of sulfonamides is 1. The molecule has 1 atom stereocenters. The first-order valence-electron chi connectivity index (χ1n) is 6.12. The fourth-order valence-corrected chi connectivity index (χ4v) is 2.77. The van der Waals surface area contributed by atoms with Gasteiger partial charge >= 0.3 is 0 Å². The van der Waals surface area contributed by atoms with Gasteiger partial charge in [-0.05, 0) is 18.6 Å². The summed E-state index contributed by atoms with van der Waals surface area (Å²) in [5.41, 5.74) is 0.401. The number of rotatable bonds is 8. The van der Waals surface area contributed by atoms with Crippen molar-refractivity contribution in [2.75, 3.05) is 25.0 Å². The molecule has 19 heavy (non-hydrogen) atoms. The van der Waals surface area contributed by atoms with Crippen LogP contribution < -0.4 is 10.0 Å². The highest BCUT2D eigenvalue weighted by Gasteiger charge is 2.17. The van der Waals surface area contributed by atoms with Crippen molar-refractivity contribution in [2.45, 2.75) is 24.3 Å². The van der Waals surface area contributed by atoms with Gasteiger partial charge in [0.2, 0.25) is 10.0 Å². The summed E-state index contributed by atoms with van der Waals surface area (Å²) in [5, 5.41) is 20.8. The molecule has 0 bridgehead atoms. The first-order valence-corrected chi connectivity index (χ1v) is 7.61. The molecule has 0 amide bonds. The van der Waals surface area contributed by atoms with Gasteiger partial charge in [0.05, 0.1) is 18.4 Å². The van der Waals surface area contributed by atoms with Crippen molar-refractivity contribution in [3.05, 3.63) is 24.3 Å². The third-order valence-corrected chi connectivity index (χ3v) is 3.98. The van der Waals surface area contributed by atoms with Crippen LogP contribution in [0.3, 0.4) is 0 Å². The van der Waals surface area contributed by atoms with Crippen LogP contribution in [0.4, 0.5) is 5.69 Å². The Balaban J connectivity index is 2.89. The second-order valence-corrected chi connectivity index (χ2v) is 5.85. The molecule has 7 heteroatoms. The summed E-state index contributed by atoms with van der Waals surface area (Å²) in [7, 11) is -3.56. The lowest BCUT2D eigenvalue weighted by molar-refractivity contribution is 0.105. The lowest BCUT2D eigenvalue weighted by Gasteiger charge is -2.14. The second-order valence-electron chi connectivity index (χ2n) is 4.11. The normalized spacial score (nSPS) is 13.2. The minimum atomic E-state index is -3.56. The molecule has 0 aliphatic carbocycles. The number of aliphatic hydroxyl groups excluding tert-OH is 2. The van der Waals surface area contributed by atoms with Crippen LogP contribution in [0.15, 0.2) is 29.2 Å². The van der Waals surface area contributed by atoms with Gasteiger partial charge in [0.1, 0.15) is 4.90 Å². The van der Waals surface area contributed by atoms with Crippen LogP contribution in [0.2, 0.25) is 0 Å². The highest BCUT2D eigenvalue weighted by Crippen LogP contribution is 2.20. The summed E-state index contributed by atoms with van der Waals surface area (Å²) in [6, 6.07) is 6.44. The largest absolute Gasteiger partial charge is 0.394 e. The summed E-state index contributed by atoms with van der Waals surface area (Å²) >= 11 is 0. The molecular weight excluding hydrogens is 268 g/mol. The quantitative estimate of drug-likeness (QED) is 0.545. The Morgan fingerprint density at radius 1 is 1.32 bits per heavy atom. The minimum Gasteiger partial charge on any atom is -0.394 e. The molecule has 0 saturated heterocycles. The number of anilines is 1. The first-order chi connectivity index (χ1) is 9.01. The fourth-order valence-electron chi connectivity index (χ4n) is 1.45. The molecule has 1 unspecified atom stereocenters. The summed E-state index contributed by atoms with van der Waals surface area (Å²) in [4.78, 5) is 0.133. The molecule has 1 aromatic carbocycles. The van der Waals surface area contributed by atoms with Gasteiger partial charge in [-0.25, -0.2) is 13.1 Å². The molecule has 4 N–H and O–H groups in total.